The predicted molar refractivity (Wildman–Crippen MR) is 131 cm³/mol. The molecule has 0 aliphatic carbocycles. The monoisotopic (exact) mass is 446 g/mol. The van der Waals surface area contributed by atoms with Crippen LogP contribution in [0.1, 0.15) is 33.4 Å². The number of carbonyl (C=O) groups excluding carboxylic acids is 2. The Kier molecular flexibility index (Phi) is 9.32. The second kappa shape index (κ2) is 11.0. The summed E-state index contributed by atoms with van der Waals surface area (Å²) in [6.45, 7) is 11.5. The summed E-state index contributed by atoms with van der Waals surface area (Å²) in [5.74, 6) is 0. The van der Waals surface area contributed by atoms with Gasteiger partial charge in [0.15, 0.2) is 6.29 Å². The molecule has 0 saturated heterocycles. The molecule has 0 aliphatic heterocycles. The Hall–Kier alpha value is -2.79. The molecular weight excluding hydrogens is 411 g/mol. The van der Waals surface area contributed by atoms with Gasteiger partial charge in [0.1, 0.15) is 5.60 Å². The van der Waals surface area contributed by atoms with Gasteiger partial charge in [0, 0.05) is 62.3 Å². The van der Waals surface area contributed by atoms with E-state index in [4.69, 9.17) is 4.74 Å². The number of rotatable bonds is 7. The van der Waals surface area contributed by atoms with Gasteiger partial charge in [-0.2, -0.15) is 0 Å². The Morgan fingerprint density at radius 3 is 2.32 bits per heavy atom. The Labute approximate surface area is 187 Å². The van der Waals surface area contributed by atoms with Crippen molar-refractivity contribution < 1.29 is 14.3 Å². The lowest BCUT2D eigenvalue weighted by Crippen LogP contribution is -2.30. The van der Waals surface area contributed by atoms with Crippen LogP contribution in [0.15, 0.2) is 36.3 Å². The molecule has 1 atom stereocenters. The lowest BCUT2D eigenvalue weighted by atomic mass is 10.1. The molecule has 0 aromatic carbocycles. The maximum absolute atomic E-state index is 11.9. The minimum Gasteiger partial charge on any atom is -0.444 e. The molecule has 170 valence electrons. The van der Waals surface area contributed by atoms with Crippen molar-refractivity contribution in [2.75, 3.05) is 28.2 Å². The summed E-state index contributed by atoms with van der Waals surface area (Å²) >= 11 is 0. The zero-order valence-electron chi connectivity index (χ0n) is 19.8. The van der Waals surface area contributed by atoms with Gasteiger partial charge in [-0.05, 0) is 49.2 Å². The highest BCUT2D eigenvalue weighted by Crippen LogP contribution is 2.22. The summed E-state index contributed by atoms with van der Waals surface area (Å²) in [7, 11) is 10.5. The average molecular weight is 447 g/mol. The lowest BCUT2D eigenvalue weighted by Gasteiger charge is -2.22. The van der Waals surface area contributed by atoms with Crippen LogP contribution < -0.4 is 15.9 Å². The maximum Gasteiger partial charge on any atom is 0.411 e. The number of alkyl carbamates (subject to hydrolysis) is 1. The van der Waals surface area contributed by atoms with Crippen molar-refractivity contribution in [2.24, 2.45) is 0 Å². The molecule has 0 spiro atoms. The number of hydrogen-bond acceptors (Lipinski definition) is 5. The van der Waals surface area contributed by atoms with Crippen molar-refractivity contribution in [3.63, 3.8) is 0 Å². The van der Waals surface area contributed by atoms with E-state index in [0.29, 0.717) is 11.9 Å². The number of amides is 1. The second-order valence-corrected chi connectivity index (χ2v) is 8.95. The molecule has 1 unspecified atom stereocenters. The van der Waals surface area contributed by atoms with Crippen LogP contribution in [0.3, 0.4) is 0 Å². The van der Waals surface area contributed by atoms with Crippen LogP contribution in [0.5, 0.6) is 0 Å². The van der Waals surface area contributed by atoms with Gasteiger partial charge in [-0.3, -0.25) is 10.1 Å². The predicted octanol–water partition coefficient (Wildman–Crippen LogP) is 2.29. The van der Waals surface area contributed by atoms with Gasteiger partial charge < -0.3 is 18.9 Å². The van der Waals surface area contributed by atoms with Crippen LogP contribution in [-0.2, 0) is 9.53 Å². The molecule has 0 radical (unpaired) electrons. The fourth-order valence-electron chi connectivity index (χ4n) is 2.79. The number of likely N-dealkylation sites (N-methyl/N-ethyl adjacent to an activating group) is 1. The van der Waals surface area contributed by atoms with E-state index in [-0.39, 0.29) is 0 Å². The van der Waals surface area contributed by atoms with Gasteiger partial charge in [0.05, 0.1) is 11.4 Å². The molecule has 0 fully saturated rings. The first-order valence-electron chi connectivity index (χ1n) is 9.85. The normalized spacial score (nSPS) is 13.8. The minimum absolute atomic E-state index is 0.304. The SMILES string of the molecule is C=C(/C(=C/N(C)C)N(C)C)c1cc(=C/C(C=O)=C/NC(=O)OC(C)(C)C)/c(=C\C)n1P. The topological polar surface area (TPSA) is 66.8 Å². The van der Waals surface area contributed by atoms with Crippen LogP contribution >= 0.6 is 9.39 Å². The van der Waals surface area contributed by atoms with Crippen molar-refractivity contribution in [1.29, 1.82) is 0 Å². The van der Waals surface area contributed by atoms with E-state index in [1.807, 2.05) is 67.6 Å². The summed E-state index contributed by atoms with van der Waals surface area (Å²) in [5.41, 5.74) is 2.36. The smallest absolute Gasteiger partial charge is 0.411 e. The summed E-state index contributed by atoms with van der Waals surface area (Å²) in [6.07, 6.45) is 7.06. The van der Waals surface area contributed by atoms with Crippen LogP contribution in [0.25, 0.3) is 17.7 Å². The van der Waals surface area contributed by atoms with Crippen LogP contribution in [0.4, 0.5) is 4.79 Å². The standard InChI is InChI=1S/C23H35N4O3P/c1-10-19-18(11-17(15-28)13-24-22(29)30-23(3,4)5)12-20(27(19)31)16(2)21(26(8)9)14-25(6)7/h10-15H,2,31H2,1,3-9H3,(H,24,29)/b17-13-,18-11-,19-10+,21-14-. The number of aldehydes is 1. The summed E-state index contributed by atoms with van der Waals surface area (Å²) in [4.78, 5) is 27.4. The largest absolute Gasteiger partial charge is 0.444 e. The minimum atomic E-state index is -0.622. The van der Waals surface area contributed by atoms with Gasteiger partial charge in [0.25, 0.3) is 0 Å². The van der Waals surface area contributed by atoms with Crippen LogP contribution in [0, 0.1) is 0 Å². The molecule has 7 nitrogen and oxygen atoms in total. The highest BCUT2D eigenvalue weighted by Gasteiger charge is 2.15. The van der Waals surface area contributed by atoms with Crippen LogP contribution in [-0.4, -0.2) is 60.3 Å². The number of nitrogens with zero attached hydrogens (tertiary/aromatic N) is 3. The fraction of sp³-hybridized carbons (Fsp3) is 0.391. The van der Waals surface area contributed by atoms with Gasteiger partial charge in [0.2, 0.25) is 0 Å². The molecule has 1 N–H and O–H groups in total. The Balaban J connectivity index is 3.43. The van der Waals surface area contributed by atoms with Gasteiger partial charge in [-0.1, -0.05) is 12.7 Å². The first-order valence-corrected chi connectivity index (χ1v) is 10.4. The van der Waals surface area contributed by atoms with Gasteiger partial charge in [-0.25, -0.2) is 4.79 Å². The average Bonchev–Trinajstić information content (AvgIpc) is 2.95. The molecule has 31 heavy (non-hydrogen) atoms. The number of hydrogen-bond donors (Lipinski definition) is 1. The zero-order chi connectivity index (χ0) is 23.9. The molecular formula is C23H35N4O3P. The highest BCUT2D eigenvalue weighted by molar-refractivity contribution is 7.14. The van der Waals surface area contributed by atoms with Crippen LogP contribution in [0.2, 0.25) is 0 Å². The summed E-state index contributed by atoms with van der Waals surface area (Å²) in [6, 6.07) is 1.96. The van der Waals surface area contributed by atoms with E-state index in [1.165, 1.54) is 6.20 Å². The molecule has 1 amide bonds. The van der Waals surface area contributed by atoms with E-state index in [1.54, 1.807) is 26.8 Å². The third-order valence-electron chi connectivity index (χ3n) is 4.07. The Bertz CT molecular complexity index is 1010. The molecule has 0 aliphatic rings. The quantitative estimate of drug-likeness (QED) is 0.301. The Morgan fingerprint density at radius 2 is 1.87 bits per heavy atom. The lowest BCUT2D eigenvalue weighted by molar-refractivity contribution is -0.104. The number of nitrogens with one attached hydrogen (secondary N) is 1. The molecule has 1 aromatic heterocycles. The zero-order valence-corrected chi connectivity index (χ0v) is 21.0. The highest BCUT2D eigenvalue weighted by atomic mass is 31.0. The van der Waals surface area contributed by atoms with Crippen molar-refractivity contribution in [3.05, 3.63) is 52.6 Å². The van der Waals surface area contributed by atoms with Gasteiger partial charge in [-0.15, -0.1) is 0 Å². The van der Waals surface area contributed by atoms with Crippen molar-refractivity contribution in [2.45, 2.75) is 33.3 Å². The fourth-order valence-corrected chi connectivity index (χ4v) is 3.32. The maximum atomic E-state index is 11.9. The van der Waals surface area contributed by atoms with E-state index >= 15 is 0 Å². The molecule has 8 heteroatoms. The molecule has 0 saturated carbocycles. The number of ether oxygens (including phenoxy) is 1. The van der Waals surface area contributed by atoms with E-state index in [2.05, 4.69) is 21.3 Å². The Morgan fingerprint density at radius 1 is 1.26 bits per heavy atom. The third-order valence-corrected chi connectivity index (χ3v) is 4.63. The molecule has 1 aromatic rings. The molecule has 1 heterocycles. The number of allylic oxidation sites excluding steroid dienone is 2. The first kappa shape index (κ1) is 26.2. The van der Waals surface area contributed by atoms with E-state index in [9.17, 15) is 9.59 Å². The van der Waals surface area contributed by atoms with Crippen molar-refractivity contribution >= 4 is 39.5 Å². The third kappa shape index (κ3) is 7.76. The molecule has 0 bridgehead atoms. The van der Waals surface area contributed by atoms with Crippen molar-refractivity contribution in [1.82, 2.24) is 19.5 Å². The van der Waals surface area contributed by atoms with E-state index in [0.717, 1.165) is 27.5 Å². The number of aromatic nitrogens is 1. The second-order valence-electron chi connectivity index (χ2n) is 8.43. The molecule has 1 rings (SSSR count). The summed E-state index contributed by atoms with van der Waals surface area (Å²) < 4.78 is 7.15. The number of carbonyl (C=O) groups is 2. The summed E-state index contributed by atoms with van der Waals surface area (Å²) in [5, 5.41) is 4.22. The van der Waals surface area contributed by atoms with E-state index < -0.39 is 11.7 Å². The van der Waals surface area contributed by atoms with Crippen molar-refractivity contribution in [3.8, 4) is 0 Å². The van der Waals surface area contributed by atoms with Gasteiger partial charge >= 0.3 is 6.09 Å². The first-order chi connectivity index (χ1) is 14.3.